The number of nitro benzene ring substituents is 1. The first kappa shape index (κ1) is 18.7. The Balaban J connectivity index is 2.00. The van der Waals surface area contributed by atoms with Gasteiger partial charge in [-0.25, -0.2) is 4.98 Å². The predicted octanol–water partition coefficient (Wildman–Crippen LogP) is 6.35. The van der Waals surface area contributed by atoms with Crippen molar-refractivity contribution in [2.75, 3.05) is 0 Å². The lowest BCUT2D eigenvalue weighted by atomic mass is 9.98. The van der Waals surface area contributed by atoms with Crippen LogP contribution in [0.5, 0.6) is 5.75 Å². The minimum absolute atomic E-state index is 0.000947. The molecule has 1 N–H and O–H groups in total. The monoisotopic (exact) mass is 402 g/mol. The highest BCUT2D eigenvalue weighted by molar-refractivity contribution is 6.31. The number of halogens is 1. The van der Waals surface area contributed by atoms with Crippen LogP contribution < -0.4 is 0 Å². The fraction of sp³-hybridized carbons (Fsp3) is 0. The summed E-state index contributed by atoms with van der Waals surface area (Å²) < 4.78 is 0. The Hall–Kier alpha value is -3.70. The fourth-order valence-electron chi connectivity index (χ4n) is 3.17. The number of para-hydroxylation sites is 1. The molecule has 3 aromatic carbocycles. The Morgan fingerprint density at radius 2 is 1.48 bits per heavy atom. The minimum atomic E-state index is -0.408. The number of aromatic nitrogens is 1. The van der Waals surface area contributed by atoms with Crippen molar-refractivity contribution < 1.29 is 10.0 Å². The summed E-state index contributed by atoms with van der Waals surface area (Å²) in [6.45, 7) is 0. The van der Waals surface area contributed by atoms with Gasteiger partial charge in [0.05, 0.1) is 21.9 Å². The van der Waals surface area contributed by atoms with Gasteiger partial charge < -0.3 is 5.11 Å². The second-order valence-corrected chi connectivity index (χ2v) is 6.86. The second kappa shape index (κ2) is 7.73. The fourth-order valence-corrected chi connectivity index (χ4v) is 3.34. The first-order valence-electron chi connectivity index (χ1n) is 8.83. The SMILES string of the molecule is O=[N+]([O-])c1ccccc1-c1cc(-c2ccccc2)nc(-c2cc(Cl)ccc2O)c1. The van der Waals surface area contributed by atoms with Crippen molar-refractivity contribution in [2.45, 2.75) is 0 Å². The van der Waals surface area contributed by atoms with Crippen LogP contribution in [-0.4, -0.2) is 15.0 Å². The number of phenols is 1. The maximum absolute atomic E-state index is 11.5. The van der Waals surface area contributed by atoms with E-state index in [0.717, 1.165) is 5.56 Å². The van der Waals surface area contributed by atoms with Gasteiger partial charge in [-0.3, -0.25) is 10.1 Å². The molecule has 0 fully saturated rings. The van der Waals surface area contributed by atoms with Gasteiger partial charge in [0.15, 0.2) is 0 Å². The Bertz CT molecular complexity index is 1210. The molecule has 4 rings (SSSR count). The van der Waals surface area contributed by atoms with Gasteiger partial charge in [-0.15, -0.1) is 0 Å². The number of benzene rings is 3. The summed E-state index contributed by atoms with van der Waals surface area (Å²) in [5.41, 5.74) is 3.51. The molecule has 0 saturated carbocycles. The van der Waals surface area contributed by atoms with Crippen LogP contribution in [0.15, 0.2) is 84.9 Å². The zero-order valence-corrected chi connectivity index (χ0v) is 15.9. The van der Waals surface area contributed by atoms with Gasteiger partial charge >= 0.3 is 0 Å². The van der Waals surface area contributed by atoms with E-state index in [0.29, 0.717) is 33.1 Å². The van der Waals surface area contributed by atoms with Crippen LogP contribution in [0.25, 0.3) is 33.6 Å². The van der Waals surface area contributed by atoms with Crippen LogP contribution in [0.4, 0.5) is 5.69 Å². The highest BCUT2D eigenvalue weighted by atomic mass is 35.5. The Morgan fingerprint density at radius 1 is 0.793 bits per heavy atom. The first-order valence-corrected chi connectivity index (χ1v) is 9.21. The summed E-state index contributed by atoms with van der Waals surface area (Å²) in [4.78, 5) is 15.8. The third-order valence-corrected chi connectivity index (χ3v) is 4.78. The average Bonchev–Trinajstić information content (AvgIpc) is 2.75. The van der Waals surface area contributed by atoms with Crippen LogP contribution in [0.3, 0.4) is 0 Å². The van der Waals surface area contributed by atoms with Gasteiger partial charge in [-0.2, -0.15) is 0 Å². The molecule has 1 aromatic heterocycles. The molecule has 0 unspecified atom stereocenters. The Kier molecular flexibility index (Phi) is 4.97. The maximum atomic E-state index is 11.5. The van der Waals surface area contributed by atoms with Gasteiger partial charge in [0.2, 0.25) is 0 Å². The van der Waals surface area contributed by atoms with Crippen LogP contribution in [0.2, 0.25) is 5.02 Å². The van der Waals surface area contributed by atoms with E-state index >= 15 is 0 Å². The van der Waals surface area contributed by atoms with Crippen molar-refractivity contribution in [3.8, 4) is 39.4 Å². The molecule has 0 aliphatic heterocycles. The van der Waals surface area contributed by atoms with Gasteiger partial charge in [0.25, 0.3) is 5.69 Å². The van der Waals surface area contributed by atoms with E-state index in [2.05, 4.69) is 4.98 Å². The third kappa shape index (κ3) is 3.81. The van der Waals surface area contributed by atoms with Crippen molar-refractivity contribution in [3.63, 3.8) is 0 Å². The van der Waals surface area contributed by atoms with Crippen molar-refractivity contribution in [1.29, 1.82) is 0 Å². The molecule has 6 heteroatoms. The first-order chi connectivity index (χ1) is 14.0. The topological polar surface area (TPSA) is 76.3 Å². The standard InChI is InChI=1S/C23H15ClN2O3/c24-17-10-11-23(27)19(14-17)21-13-16(18-8-4-5-9-22(18)26(28)29)12-20(25-21)15-6-2-1-3-7-15/h1-14,27H. The summed E-state index contributed by atoms with van der Waals surface area (Å²) in [7, 11) is 0. The summed E-state index contributed by atoms with van der Waals surface area (Å²) in [6, 6.07) is 24.3. The number of nitro groups is 1. The quantitative estimate of drug-likeness (QED) is 0.318. The van der Waals surface area contributed by atoms with Crippen molar-refractivity contribution in [3.05, 3.63) is 100 Å². The molecule has 0 radical (unpaired) electrons. The summed E-state index contributed by atoms with van der Waals surface area (Å²) in [5, 5.41) is 22.3. The largest absolute Gasteiger partial charge is 0.507 e. The average molecular weight is 403 g/mol. The molecule has 0 aliphatic carbocycles. The molecular formula is C23H15ClN2O3. The van der Waals surface area contributed by atoms with E-state index < -0.39 is 4.92 Å². The second-order valence-electron chi connectivity index (χ2n) is 6.43. The molecule has 0 bridgehead atoms. The lowest BCUT2D eigenvalue weighted by Crippen LogP contribution is -1.95. The highest BCUT2D eigenvalue weighted by Gasteiger charge is 2.18. The minimum Gasteiger partial charge on any atom is -0.507 e. The van der Waals surface area contributed by atoms with Gasteiger partial charge in [-0.05, 0) is 42.0 Å². The molecule has 0 aliphatic rings. The smallest absolute Gasteiger partial charge is 0.277 e. The van der Waals surface area contributed by atoms with Gasteiger partial charge in [0.1, 0.15) is 5.75 Å². The van der Waals surface area contributed by atoms with Gasteiger partial charge in [-0.1, -0.05) is 54.1 Å². The number of hydrogen-bond donors (Lipinski definition) is 1. The van der Waals surface area contributed by atoms with E-state index in [1.54, 1.807) is 36.4 Å². The molecule has 4 aromatic rings. The maximum Gasteiger partial charge on any atom is 0.277 e. The summed E-state index contributed by atoms with van der Waals surface area (Å²) in [5.74, 6) is 0.0284. The molecule has 1 heterocycles. The zero-order valence-electron chi connectivity index (χ0n) is 15.1. The molecule has 0 amide bonds. The number of pyridine rings is 1. The highest BCUT2D eigenvalue weighted by Crippen LogP contribution is 2.37. The number of aromatic hydroxyl groups is 1. The van der Waals surface area contributed by atoms with E-state index in [4.69, 9.17) is 11.6 Å². The number of nitrogens with zero attached hydrogens (tertiary/aromatic N) is 2. The summed E-state index contributed by atoms with van der Waals surface area (Å²) >= 11 is 6.12. The van der Waals surface area contributed by atoms with E-state index in [9.17, 15) is 15.2 Å². The normalized spacial score (nSPS) is 10.7. The summed E-state index contributed by atoms with van der Waals surface area (Å²) in [6.07, 6.45) is 0. The molecule has 0 spiro atoms. The van der Waals surface area contributed by atoms with Crippen molar-refractivity contribution >= 4 is 17.3 Å². The molecule has 29 heavy (non-hydrogen) atoms. The van der Waals surface area contributed by atoms with Crippen molar-refractivity contribution in [2.24, 2.45) is 0 Å². The Labute approximate surface area is 172 Å². The number of phenolic OH excluding ortho intramolecular Hbond substituents is 1. The number of hydrogen-bond acceptors (Lipinski definition) is 4. The van der Waals surface area contributed by atoms with E-state index in [1.807, 2.05) is 36.4 Å². The molecule has 142 valence electrons. The lowest BCUT2D eigenvalue weighted by Gasteiger charge is -2.11. The van der Waals surface area contributed by atoms with Crippen LogP contribution in [0, 0.1) is 10.1 Å². The molecule has 0 saturated heterocycles. The van der Waals surface area contributed by atoms with Crippen LogP contribution >= 0.6 is 11.6 Å². The van der Waals surface area contributed by atoms with E-state index in [1.165, 1.54) is 12.1 Å². The van der Waals surface area contributed by atoms with Gasteiger partial charge in [0, 0.05) is 22.2 Å². The molecule has 0 atom stereocenters. The number of rotatable bonds is 4. The Morgan fingerprint density at radius 3 is 2.24 bits per heavy atom. The van der Waals surface area contributed by atoms with Crippen molar-refractivity contribution in [1.82, 2.24) is 4.98 Å². The predicted molar refractivity (Wildman–Crippen MR) is 114 cm³/mol. The molecular weight excluding hydrogens is 388 g/mol. The van der Waals surface area contributed by atoms with Crippen LogP contribution in [0.1, 0.15) is 0 Å². The zero-order chi connectivity index (χ0) is 20.4. The van der Waals surface area contributed by atoms with E-state index in [-0.39, 0.29) is 11.4 Å². The third-order valence-electron chi connectivity index (χ3n) is 4.54. The lowest BCUT2D eigenvalue weighted by molar-refractivity contribution is -0.384. The van der Waals surface area contributed by atoms with Crippen LogP contribution in [-0.2, 0) is 0 Å². The molecule has 5 nitrogen and oxygen atoms in total.